The van der Waals surface area contributed by atoms with Crippen LogP contribution in [0.15, 0.2) is 54.6 Å². The van der Waals surface area contributed by atoms with E-state index in [9.17, 15) is 20.3 Å². The lowest BCUT2D eigenvalue weighted by Gasteiger charge is -2.47. The lowest BCUT2D eigenvalue weighted by molar-refractivity contribution is -0.384. The molecule has 0 saturated carbocycles. The van der Waals surface area contributed by atoms with Gasteiger partial charge < -0.3 is 14.9 Å². The van der Waals surface area contributed by atoms with Crippen LogP contribution in [0.5, 0.6) is 11.5 Å². The molecule has 3 aromatic carbocycles. The minimum atomic E-state index is -0.391. The maximum atomic E-state index is 11.2. The average molecular weight is 432 g/mol. The molecular formula is C25H24N2O5. The third kappa shape index (κ3) is 3.30. The van der Waals surface area contributed by atoms with Gasteiger partial charge in [-0.05, 0) is 58.4 Å². The Labute approximate surface area is 185 Å². The number of aliphatic hydroxyl groups is 1. The Morgan fingerprint density at radius 3 is 2.56 bits per heavy atom. The summed E-state index contributed by atoms with van der Waals surface area (Å²) in [5.74, 6) is 0.521. The van der Waals surface area contributed by atoms with Gasteiger partial charge in [0.05, 0.1) is 24.7 Å². The molecule has 2 heterocycles. The van der Waals surface area contributed by atoms with Crippen LogP contribution in [0.2, 0.25) is 0 Å². The van der Waals surface area contributed by atoms with E-state index in [0.717, 1.165) is 41.6 Å². The van der Waals surface area contributed by atoms with E-state index in [1.807, 2.05) is 24.3 Å². The zero-order valence-electron chi connectivity index (χ0n) is 17.7. The summed E-state index contributed by atoms with van der Waals surface area (Å²) < 4.78 is 5.38. The average Bonchev–Trinajstić information content (AvgIpc) is 2.81. The second-order valence-electron chi connectivity index (χ2n) is 8.37. The number of rotatable bonds is 4. The van der Waals surface area contributed by atoms with Crippen molar-refractivity contribution in [3.8, 4) is 11.5 Å². The smallest absolute Gasteiger partial charge is 0.269 e. The number of phenolic OH excluding ortho intramolecular Hbond substituents is 1. The fourth-order valence-electron chi connectivity index (χ4n) is 5.18. The molecule has 7 nitrogen and oxygen atoms in total. The summed E-state index contributed by atoms with van der Waals surface area (Å²) in [6.45, 7) is 0.834. The van der Waals surface area contributed by atoms with Gasteiger partial charge in [-0.15, -0.1) is 0 Å². The molecule has 32 heavy (non-hydrogen) atoms. The second-order valence-corrected chi connectivity index (χ2v) is 8.37. The predicted octanol–water partition coefficient (Wildman–Crippen LogP) is 4.05. The lowest BCUT2D eigenvalue weighted by Crippen LogP contribution is -2.43. The fraction of sp³-hybridized carbons (Fsp3) is 0.280. The van der Waals surface area contributed by atoms with Gasteiger partial charge >= 0.3 is 0 Å². The van der Waals surface area contributed by atoms with Gasteiger partial charge in [-0.25, -0.2) is 0 Å². The quantitative estimate of drug-likeness (QED) is 0.477. The first-order valence-corrected chi connectivity index (χ1v) is 10.6. The van der Waals surface area contributed by atoms with Crippen molar-refractivity contribution in [2.75, 3.05) is 13.7 Å². The maximum Gasteiger partial charge on any atom is 0.269 e. The number of non-ortho nitro benzene ring substituents is 1. The minimum Gasteiger partial charge on any atom is -0.504 e. The Bertz CT molecular complexity index is 1190. The van der Waals surface area contributed by atoms with E-state index in [0.29, 0.717) is 5.75 Å². The Balaban J connectivity index is 1.66. The largest absolute Gasteiger partial charge is 0.504 e. The van der Waals surface area contributed by atoms with Crippen molar-refractivity contribution in [3.05, 3.63) is 98.1 Å². The summed E-state index contributed by atoms with van der Waals surface area (Å²) in [5.41, 5.74) is 6.47. The molecule has 7 heteroatoms. The number of nitrogens with zero attached hydrogens (tertiary/aromatic N) is 2. The van der Waals surface area contributed by atoms with Crippen molar-refractivity contribution in [3.63, 3.8) is 0 Å². The highest BCUT2D eigenvalue weighted by Gasteiger charge is 2.39. The van der Waals surface area contributed by atoms with E-state index >= 15 is 0 Å². The molecule has 0 saturated heterocycles. The summed E-state index contributed by atoms with van der Waals surface area (Å²) in [6.07, 6.45) is 1.59. The molecule has 0 radical (unpaired) electrons. The zero-order valence-corrected chi connectivity index (χ0v) is 17.7. The third-order valence-corrected chi connectivity index (χ3v) is 6.69. The van der Waals surface area contributed by atoms with Crippen LogP contribution in [0.1, 0.15) is 45.5 Å². The second kappa shape index (κ2) is 7.93. The van der Waals surface area contributed by atoms with Gasteiger partial charge in [0.1, 0.15) is 0 Å². The Kier molecular flexibility index (Phi) is 5.07. The minimum absolute atomic E-state index is 0.0174. The highest BCUT2D eigenvalue weighted by atomic mass is 16.6. The summed E-state index contributed by atoms with van der Waals surface area (Å²) >= 11 is 0. The number of hydrogen-bond donors (Lipinski definition) is 2. The Morgan fingerprint density at radius 1 is 1.09 bits per heavy atom. The number of methoxy groups -OCH3 is 1. The van der Waals surface area contributed by atoms with E-state index in [1.54, 1.807) is 18.2 Å². The van der Waals surface area contributed by atoms with Crippen LogP contribution >= 0.6 is 0 Å². The molecule has 2 aliphatic rings. The van der Waals surface area contributed by atoms with Crippen molar-refractivity contribution in [1.82, 2.24) is 4.90 Å². The topological polar surface area (TPSA) is 96.1 Å². The highest BCUT2D eigenvalue weighted by Crippen LogP contribution is 2.48. The molecule has 2 aliphatic heterocycles. The van der Waals surface area contributed by atoms with Crippen LogP contribution in [-0.4, -0.2) is 33.7 Å². The SMILES string of the molecule is COc1cc2c(cc1O)C[C@H]1c3ccc(CO)cc3CCN1C2c1ccc([N+](=O)[O-])cc1. The Morgan fingerprint density at radius 2 is 1.88 bits per heavy atom. The number of aromatic hydroxyl groups is 1. The number of phenols is 1. The number of fused-ring (bicyclic) bond motifs is 4. The summed E-state index contributed by atoms with van der Waals surface area (Å²) in [4.78, 5) is 13.2. The van der Waals surface area contributed by atoms with Gasteiger partial charge in [0.25, 0.3) is 5.69 Å². The predicted molar refractivity (Wildman–Crippen MR) is 119 cm³/mol. The standard InChI is InChI=1S/C25H24N2O5/c1-32-24-13-21-18(12-23(24)29)11-22-20-7-2-15(14-28)10-17(20)8-9-26(22)25(21)16-3-5-19(6-4-16)27(30)31/h2-7,10,12-13,22,25,28-29H,8-9,11,14H2,1H3/t22-,25?/m0/s1. The first-order chi connectivity index (χ1) is 15.5. The molecule has 2 N–H and O–H groups in total. The first-order valence-electron chi connectivity index (χ1n) is 10.6. The fourth-order valence-corrected chi connectivity index (χ4v) is 5.18. The molecule has 3 aromatic rings. The molecule has 0 fully saturated rings. The monoisotopic (exact) mass is 432 g/mol. The number of ether oxygens (including phenoxy) is 1. The van der Waals surface area contributed by atoms with E-state index in [1.165, 1.54) is 18.2 Å². The number of aliphatic hydroxyl groups excluding tert-OH is 1. The molecule has 0 spiro atoms. The molecule has 0 bridgehead atoms. The highest BCUT2D eigenvalue weighted by molar-refractivity contribution is 5.53. The number of nitro benzene ring substituents is 1. The number of hydrogen-bond acceptors (Lipinski definition) is 6. The van der Waals surface area contributed by atoms with E-state index in [-0.39, 0.29) is 30.1 Å². The van der Waals surface area contributed by atoms with Crippen LogP contribution < -0.4 is 4.74 Å². The number of benzene rings is 3. The van der Waals surface area contributed by atoms with E-state index in [4.69, 9.17) is 4.74 Å². The molecule has 1 unspecified atom stereocenters. The molecule has 164 valence electrons. The van der Waals surface area contributed by atoms with Crippen LogP contribution in [0, 0.1) is 10.1 Å². The van der Waals surface area contributed by atoms with Gasteiger partial charge in [-0.1, -0.05) is 30.3 Å². The molecule has 2 atom stereocenters. The van der Waals surface area contributed by atoms with Crippen molar-refractivity contribution in [2.45, 2.75) is 31.5 Å². The van der Waals surface area contributed by atoms with Crippen LogP contribution in [0.4, 0.5) is 5.69 Å². The van der Waals surface area contributed by atoms with Crippen LogP contribution in [0.3, 0.4) is 0 Å². The van der Waals surface area contributed by atoms with Gasteiger partial charge in [-0.2, -0.15) is 0 Å². The van der Waals surface area contributed by atoms with Gasteiger partial charge in [0, 0.05) is 24.7 Å². The summed E-state index contributed by atoms with van der Waals surface area (Å²) in [5, 5.41) is 31.1. The molecule has 5 rings (SSSR count). The van der Waals surface area contributed by atoms with Crippen molar-refractivity contribution < 1.29 is 19.9 Å². The normalized spacial score (nSPS) is 19.6. The van der Waals surface area contributed by atoms with E-state index < -0.39 is 4.92 Å². The molecule has 0 amide bonds. The van der Waals surface area contributed by atoms with Crippen molar-refractivity contribution >= 4 is 5.69 Å². The zero-order chi connectivity index (χ0) is 22.4. The lowest BCUT2D eigenvalue weighted by atomic mass is 9.78. The van der Waals surface area contributed by atoms with Crippen molar-refractivity contribution in [2.24, 2.45) is 0 Å². The van der Waals surface area contributed by atoms with Gasteiger partial charge in [0.2, 0.25) is 0 Å². The third-order valence-electron chi connectivity index (χ3n) is 6.69. The number of nitro groups is 1. The van der Waals surface area contributed by atoms with Gasteiger partial charge in [0.15, 0.2) is 11.5 Å². The Hall–Kier alpha value is -3.42. The first kappa shape index (κ1) is 20.5. The maximum absolute atomic E-state index is 11.2. The molecular weight excluding hydrogens is 408 g/mol. The van der Waals surface area contributed by atoms with Crippen LogP contribution in [-0.2, 0) is 19.4 Å². The summed E-state index contributed by atoms with van der Waals surface area (Å²) in [7, 11) is 1.53. The molecule has 0 aromatic heterocycles. The van der Waals surface area contributed by atoms with E-state index in [2.05, 4.69) is 17.0 Å². The van der Waals surface area contributed by atoms with Crippen molar-refractivity contribution in [1.29, 1.82) is 0 Å². The molecule has 0 aliphatic carbocycles. The summed E-state index contributed by atoms with van der Waals surface area (Å²) in [6, 6.07) is 16.5. The van der Waals surface area contributed by atoms with Gasteiger partial charge in [-0.3, -0.25) is 15.0 Å². The van der Waals surface area contributed by atoms with Crippen LogP contribution in [0.25, 0.3) is 0 Å².